The molecule has 0 aliphatic carbocycles. The first-order valence-corrected chi connectivity index (χ1v) is 12.7. The van der Waals surface area contributed by atoms with Gasteiger partial charge in [0, 0.05) is 18.8 Å². The van der Waals surface area contributed by atoms with Crippen LogP contribution in [0.25, 0.3) is 0 Å². The van der Waals surface area contributed by atoms with E-state index in [2.05, 4.69) is 9.97 Å². The molecule has 4 heterocycles. The lowest BCUT2D eigenvalue weighted by Gasteiger charge is -2.16. The van der Waals surface area contributed by atoms with Crippen molar-refractivity contribution in [1.29, 1.82) is 0 Å². The second kappa shape index (κ2) is 16.4. The van der Waals surface area contributed by atoms with Crippen molar-refractivity contribution in [1.82, 2.24) is 19.1 Å². The third kappa shape index (κ3) is 9.04. The molecule has 0 spiro atoms. The van der Waals surface area contributed by atoms with Crippen molar-refractivity contribution in [3.63, 3.8) is 0 Å². The van der Waals surface area contributed by atoms with Gasteiger partial charge in [-0.15, -0.1) is 0 Å². The van der Waals surface area contributed by atoms with E-state index < -0.39 is 92.5 Å². The number of carbonyl (C=O) groups excluding carboxylic acids is 1. The number of nitrogens with zero attached hydrogens (tertiary/aromatic N) is 4. The number of carbonyl (C=O) groups is 1. The zero-order chi connectivity index (χ0) is 32.4. The van der Waals surface area contributed by atoms with E-state index in [-0.39, 0.29) is 18.1 Å². The number of rotatable bonds is 8. The molecule has 2 unspecified atom stereocenters. The minimum absolute atomic E-state index is 0.0537. The van der Waals surface area contributed by atoms with Crippen molar-refractivity contribution in [3.05, 3.63) is 45.5 Å². The average Bonchev–Trinajstić information content (AvgIpc) is 3.42. The summed E-state index contributed by atoms with van der Waals surface area (Å²) in [7, 11) is 0. The molecule has 2 aromatic rings. The van der Waals surface area contributed by atoms with E-state index in [1.807, 2.05) is 0 Å². The van der Waals surface area contributed by atoms with Crippen molar-refractivity contribution in [2.45, 2.75) is 67.7 Å². The number of hydrogen-bond acceptors (Lipinski definition) is 18. The summed E-state index contributed by atoms with van der Waals surface area (Å²) in [6.45, 7) is -1.42. The maximum atomic E-state index is 11.5. The number of nitrogen functional groups attached to an aromatic ring is 2. The van der Waals surface area contributed by atoms with Crippen molar-refractivity contribution in [3.8, 4) is 0 Å². The number of aldehydes is 1. The van der Waals surface area contributed by atoms with Gasteiger partial charge in [-0.1, -0.05) is 0 Å². The fourth-order valence-corrected chi connectivity index (χ4v) is 3.84. The molecule has 4 rings (SSSR count). The van der Waals surface area contributed by atoms with Gasteiger partial charge in [-0.3, -0.25) is 9.13 Å². The zero-order valence-corrected chi connectivity index (χ0v) is 22.5. The van der Waals surface area contributed by atoms with Gasteiger partial charge in [0.15, 0.2) is 12.5 Å². The Morgan fingerprint density at radius 3 is 1.44 bits per heavy atom. The van der Waals surface area contributed by atoms with Crippen LogP contribution in [0.2, 0.25) is 0 Å². The topological polar surface area (TPSA) is 339 Å². The molecule has 0 amide bonds. The second-order valence-electron chi connectivity index (χ2n) is 9.26. The maximum absolute atomic E-state index is 11.5. The number of aliphatic hydroxyl groups excluding tert-OH is 9. The highest BCUT2D eigenvalue weighted by molar-refractivity contribution is 5.50. The smallest absolute Gasteiger partial charge is 0.351 e. The van der Waals surface area contributed by atoms with Gasteiger partial charge < -0.3 is 71.7 Å². The lowest BCUT2D eigenvalue weighted by atomic mass is 10.1. The number of nitrogens with two attached hydrogens (primary N) is 2. The highest BCUT2D eigenvalue weighted by Crippen LogP contribution is 2.29. The fraction of sp³-hybridized carbons (Fsp3) is 0.609. The third-order valence-corrected chi connectivity index (χ3v) is 6.25. The van der Waals surface area contributed by atoms with Crippen LogP contribution in [-0.2, 0) is 14.3 Å². The predicted octanol–water partition coefficient (Wildman–Crippen LogP) is -6.84. The number of hydrogen-bond donors (Lipinski definition) is 11. The van der Waals surface area contributed by atoms with E-state index in [0.29, 0.717) is 6.29 Å². The second-order valence-corrected chi connectivity index (χ2v) is 9.26. The summed E-state index contributed by atoms with van der Waals surface area (Å²) in [4.78, 5) is 39.7. The van der Waals surface area contributed by atoms with Crippen LogP contribution in [0.5, 0.6) is 0 Å². The Kier molecular flexibility index (Phi) is 13.7. The van der Waals surface area contributed by atoms with Crippen LogP contribution in [0, 0.1) is 0 Å². The van der Waals surface area contributed by atoms with Gasteiger partial charge >= 0.3 is 11.4 Å². The Hall–Kier alpha value is -3.41. The number of aromatic nitrogens is 4. The van der Waals surface area contributed by atoms with E-state index in [0.717, 1.165) is 9.13 Å². The molecule has 2 aromatic heterocycles. The van der Waals surface area contributed by atoms with Gasteiger partial charge in [0.05, 0.1) is 25.9 Å². The Balaban J connectivity index is 0.000000238. The first-order chi connectivity index (χ1) is 20.3. The molecule has 2 aliphatic heterocycles. The molecule has 242 valence electrons. The molecule has 2 fully saturated rings. The number of ether oxygens (including phenoxy) is 2. The molecular weight excluding hydrogens is 584 g/mol. The molecule has 0 bridgehead atoms. The van der Waals surface area contributed by atoms with Crippen LogP contribution in [0.4, 0.5) is 11.6 Å². The van der Waals surface area contributed by atoms with E-state index in [1.165, 1.54) is 24.5 Å². The summed E-state index contributed by atoms with van der Waals surface area (Å²) in [6.07, 6.45) is -8.51. The van der Waals surface area contributed by atoms with E-state index in [4.69, 9.17) is 46.5 Å². The lowest BCUT2D eigenvalue weighted by Crippen LogP contribution is -2.36. The van der Waals surface area contributed by atoms with Crippen LogP contribution in [-0.4, -0.2) is 140 Å². The van der Waals surface area contributed by atoms with Gasteiger partial charge in [-0.2, -0.15) is 9.97 Å². The molecule has 13 N–H and O–H groups in total. The highest BCUT2D eigenvalue weighted by atomic mass is 16.6. The summed E-state index contributed by atoms with van der Waals surface area (Å²) < 4.78 is 12.4. The zero-order valence-electron chi connectivity index (χ0n) is 22.5. The molecule has 10 atom stereocenters. The summed E-state index contributed by atoms with van der Waals surface area (Å²) in [5, 5.41) is 81.8. The van der Waals surface area contributed by atoms with Crippen molar-refractivity contribution >= 4 is 17.9 Å². The average molecular weight is 621 g/mol. The Labute approximate surface area is 242 Å². The van der Waals surface area contributed by atoms with Gasteiger partial charge in [-0.05, 0) is 12.1 Å². The summed E-state index contributed by atoms with van der Waals surface area (Å²) in [6, 6.07) is 2.74. The fourth-order valence-electron chi connectivity index (χ4n) is 3.84. The Morgan fingerprint density at radius 1 is 0.767 bits per heavy atom. The van der Waals surface area contributed by atoms with Crippen molar-refractivity contribution in [2.75, 3.05) is 31.3 Å². The maximum Gasteiger partial charge on any atom is 0.351 e. The molecule has 20 nitrogen and oxygen atoms in total. The molecule has 0 radical (unpaired) electrons. The van der Waals surface area contributed by atoms with Crippen LogP contribution in [0.15, 0.2) is 34.1 Å². The Bertz CT molecular complexity index is 1190. The van der Waals surface area contributed by atoms with E-state index in [1.54, 1.807) is 0 Å². The summed E-state index contributed by atoms with van der Waals surface area (Å²) in [5.74, 6) is 0.107. The Morgan fingerprint density at radius 2 is 1.16 bits per heavy atom. The van der Waals surface area contributed by atoms with Crippen LogP contribution in [0.1, 0.15) is 18.9 Å². The predicted molar refractivity (Wildman–Crippen MR) is 142 cm³/mol. The number of anilines is 2. The van der Waals surface area contributed by atoms with Crippen molar-refractivity contribution < 1.29 is 60.2 Å². The van der Waals surface area contributed by atoms with Crippen LogP contribution >= 0.6 is 0 Å². The summed E-state index contributed by atoms with van der Waals surface area (Å²) in [5.41, 5.74) is 9.26. The molecule has 0 aromatic carbocycles. The largest absolute Gasteiger partial charge is 0.394 e. The molecule has 2 saturated heterocycles. The van der Waals surface area contributed by atoms with Gasteiger partial charge in [-0.25, -0.2) is 9.59 Å². The molecule has 43 heavy (non-hydrogen) atoms. The first kappa shape index (κ1) is 35.8. The molecule has 20 heteroatoms. The normalized spacial score (nSPS) is 29.5. The summed E-state index contributed by atoms with van der Waals surface area (Å²) >= 11 is 0. The van der Waals surface area contributed by atoms with Crippen LogP contribution < -0.4 is 22.8 Å². The highest BCUT2D eigenvalue weighted by Gasteiger charge is 2.44. The first-order valence-electron chi connectivity index (χ1n) is 12.7. The minimum Gasteiger partial charge on any atom is -0.394 e. The third-order valence-electron chi connectivity index (χ3n) is 6.25. The lowest BCUT2D eigenvalue weighted by molar-refractivity contribution is -0.111. The van der Waals surface area contributed by atoms with Gasteiger partial charge in [0.25, 0.3) is 0 Å². The number of aliphatic hydroxyl groups is 9. The molecule has 0 saturated carbocycles. The SMILES string of the molecule is Nc1ccn([C@@H]2O[C@H](CO)[C@@H](O)[C@H]2O)c(=O)n1.Nc1ccn([C@@H]2O[C@H](CO)[C@@H](O)[C@H]2O)c(=O)n1.O=CCC(O)C(O)CO. The monoisotopic (exact) mass is 620 g/mol. The van der Waals surface area contributed by atoms with E-state index >= 15 is 0 Å². The van der Waals surface area contributed by atoms with Crippen LogP contribution in [0.3, 0.4) is 0 Å². The van der Waals surface area contributed by atoms with Crippen molar-refractivity contribution in [2.24, 2.45) is 0 Å². The molecule has 2 aliphatic rings. The quantitative estimate of drug-likeness (QED) is 0.122. The minimum atomic E-state index is -1.31. The molecular formula is C23H36N6O14. The van der Waals surface area contributed by atoms with E-state index in [9.17, 15) is 34.8 Å². The van der Waals surface area contributed by atoms with Gasteiger partial charge in [0.1, 0.15) is 60.6 Å². The van der Waals surface area contributed by atoms with Gasteiger partial charge in [0.2, 0.25) is 0 Å². The standard InChI is InChI=1S/2C9H13N3O5.C5H10O4/c2*10-5-1-2-12(9(16)11-5)8-7(15)6(14)4(3-13)17-8;6-2-1-4(8)5(9)3-7/h2*1-2,4,6-8,13-15H,3H2,(H2,10,11,16);2,4-5,7-9H,1,3H2/t2*4-,6-,7-,8-;/m11./s1.